The van der Waals surface area contributed by atoms with Crippen LogP contribution in [0.25, 0.3) is 32.8 Å². The standard InChI is InChI=1S/C33H33N3O4/c37-33(38)32-25(13-7-19-40-28-14-5-9-21-8-1-2-10-23(21)28)24-11-6-12-26-29-27(34-35-30(29)22-15-16-22)20-39-18-4-3-17-36(32)31(24)26/h1-2,5-6,8-12,14,22H,3-4,7,13,15-20H2,(H,34,35)(H,37,38). The van der Waals surface area contributed by atoms with Crippen molar-refractivity contribution in [2.45, 2.75) is 57.6 Å². The number of aromatic amines is 1. The van der Waals surface area contributed by atoms with Crippen LogP contribution < -0.4 is 4.74 Å². The number of nitrogens with one attached hydrogen (secondary N) is 1. The summed E-state index contributed by atoms with van der Waals surface area (Å²) in [4.78, 5) is 12.8. The summed E-state index contributed by atoms with van der Waals surface area (Å²) in [6, 6.07) is 20.5. The molecule has 2 aromatic heterocycles. The predicted octanol–water partition coefficient (Wildman–Crippen LogP) is 7.08. The second kappa shape index (κ2) is 10.5. The molecule has 1 fully saturated rings. The van der Waals surface area contributed by atoms with Gasteiger partial charge in [0.1, 0.15) is 11.4 Å². The van der Waals surface area contributed by atoms with Crippen LogP contribution in [0.1, 0.15) is 65.5 Å². The Bertz CT molecular complexity index is 1710. The first-order chi connectivity index (χ1) is 19.7. The summed E-state index contributed by atoms with van der Waals surface area (Å²) in [5, 5.41) is 21.7. The van der Waals surface area contributed by atoms with Crippen LogP contribution in [-0.4, -0.2) is 39.1 Å². The van der Waals surface area contributed by atoms with E-state index in [1.54, 1.807) is 0 Å². The molecular weight excluding hydrogens is 502 g/mol. The number of H-pyrrole nitrogens is 1. The van der Waals surface area contributed by atoms with Gasteiger partial charge in [-0.2, -0.15) is 5.10 Å². The first kappa shape index (κ1) is 24.9. The molecule has 40 heavy (non-hydrogen) atoms. The third-order valence-corrected chi connectivity index (χ3v) is 8.24. The summed E-state index contributed by atoms with van der Waals surface area (Å²) in [6.45, 7) is 2.26. The number of nitrogens with zero attached hydrogens (tertiary/aromatic N) is 2. The highest BCUT2D eigenvalue weighted by atomic mass is 16.5. The zero-order valence-corrected chi connectivity index (χ0v) is 22.5. The Morgan fingerprint density at radius 1 is 1.05 bits per heavy atom. The molecule has 3 aromatic carbocycles. The molecule has 1 saturated carbocycles. The van der Waals surface area contributed by atoms with E-state index in [1.165, 1.54) is 0 Å². The summed E-state index contributed by atoms with van der Waals surface area (Å²) < 4.78 is 14.3. The smallest absolute Gasteiger partial charge is 0.352 e. The van der Waals surface area contributed by atoms with Gasteiger partial charge in [0.25, 0.3) is 0 Å². The Kier molecular flexibility index (Phi) is 6.52. The molecule has 0 unspecified atom stereocenters. The molecule has 7 rings (SSSR count). The van der Waals surface area contributed by atoms with Crippen LogP contribution in [0, 0.1) is 0 Å². The first-order valence-corrected chi connectivity index (χ1v) is 14.3. The monoisotopic (exact) mass is 535 g/mol. The van der Waals surface area contributed by atoms with Crippen molar-refractivity contribution in [3.8, 4) is 16.9 Å². The molecule has 7 heteroatoms. The van der Waals surface area contributed by atoms with Crippen molar-refractivity contribution < 1.29 is 19.4 Å². The van der Waals surface area contributed by atoms with E-state index in [0.717, 1.165) is 81.2 Å². The van der Waals surface area contributed by atoms with Crippen molar-refractivity contribution in [2.24, 2.45) is 0 Å². The number of hydrogen-bond donors (Lipinski definition) is 2. The molecule has 2 N–H and O–H groups in total. The minimum absolute atomic E-state index is 0.394. The number of benzene rings is 3. The van der Waals surface area contributed by atoms with Crippen LogP contribution in [0.4, 0.5) is 0 Å². The molecule has 204 valence electrons. The summed E-state index contributed by atoms with van der Waals surface area (Å²) in [6.07, 6.45) is 5.33. The fraction of sp³-hybridized carbons (Fsp3) is 0.333. The summed E-state index contributed by atoms with van der Waals surface area (Å²) in [5.74, 6) is 0.430. The van der Waals surface area contributed by atoms with Crippen molar-refractivity contribution in [3.05, 3.63) is 83.3 Å². The van der Waals surface area contributed by atoms with Gasteiger partial charge in [-0.25, -0.2) is 4.79 Å². The number of fused-ring (bicyclic) bond motifs is 3. The molecule has 3 heterocycles. The van der Waals surface area contributed by atoms with Gasteiger partial charge in [-0.05, 0) is 55.5 Å². The normalized spacial score (nSPS) is 15.6. The topological polar surface area (TPSA) is 89.4 Å². The Balaban J connectivity index is 1.27. The zero-order valence-electron chi connectivity index (χ0n) is 22.5. The molecule has 0 amide bonds. The van der Waals surface area contributed by atoms with E-state index < -0.39 is 5.97 Å². The van der Waals surface area contributed by atoms with E-state index in [1.807, 2.05) is 28.8 Å². The predicted molar refractivity (Wildman–Crippen MR) is 155 cm³/mol. The van der Waals surface area contributed by atoms with Gasteiger partial charge in [-0.15, -0.1) is 0 Å². The van der Waals surface area contributed by atoms with Gasteiger partial charge in [-0.1, -0.05) is 54.6 Å². The Morgan fingerprint density at radius 2 is 1.88 bits per heavy atom. The molecule has 0 bridgehead atoms. The molecule has 1 aliphatic carbocycles. The quantitative estimate of drug-likeness (QED) is 0.217. The highest BCUT2D eigenvalue weighted by Crippen LogP contribution is 2.46. The van der Waals surface area contributed by atoms with Crippen molar-refractivity contribution in [3.63, 3.8) is 0 Å². The molecule has 1 aliphatic heterocycles. The van der Waals surface area contributed by atoms with Gasteiger partial charge in [0.05, 0.1) is 30.1 Å². The van der Waals surface area contributed by atoms with Crippen LogP contribution in [0.3, 0.4) is 0 Å². The van der Waals surface area contributed by atoms with Gasteiger partial charge < -0.3 is 19.1 Å². The minimum atomic E-state index is -0.881. The van der Waals surface area contributed by atoms with Crippen LogP contribution in [0.5, 0.6) is 5.75 Å². The number of carboxylic acid groups (broad SMARTS) is 1. The van der Waals surface area contributed by atoms with Crippen molar-refractivity contribution >= 4 is 27.6 Å². The number of hydrogen-bond acceptors (Lipinski definition) is 4. The number of ether oxygens (including phenoxy) is 2. The number of para-hydroxylation sites is 1. The largest absolute Gasteiger partial charge is 0.493 e. The van der Waals surface area contributed by atoms with E-state index in [9.17, 15) is 9.90 Å². The third kappa shape index (κ3) is 4.44. The van der Waals surface area contributed by atoms with Gasteiger partial charge in [0.15, 0.2) is 0 Å². The van der Waals surface area contributed by atoms with E-state index >= 15 is 0 Å². The highest BCUT2D eigenvalue weighted by molar-refractivity contribution is 6.04. The maximum absolute atomic E-state index is 12.8. The van der Waals surface area contributed by atoms with E-state index in [0.29, 0.717) is 50.8 Å². The lowest BCUT2D eigenvalue weighted by Crippen LogP contribution is -2.12. The molecule has 0 saturated heterocycles. The maximum atomic E-state index is 12.8. The minimum Gasteiger partial charge on any atom is -0.493 e. The van der Waals surface area contributed by atoms with Gasteiger partial charge in [-0.3, -0.25) is 5.10 Å². The number of rotatable bonds is 7. The number of carbonyl (C=O) groups is 1. The molecule has 0 spiro atoms. The summed E-state index contributed by atoms with van der Waals surface area (Å²) >= 11 is 0. The van der Waals surface area contributed by atoms with E-state index in [4.69, 9.17) is 14.6 Å². The molecular formula is C33H33N3O4. The Morgan fingerprint density at radius 3 is 2.75 bits per heavy atom. The lowest BCUT2D eigenvalue weighted by molar-refractivity contribution is 0.0683. The fourth-order valence-electron chi connectivity index (χ4n) is 6.26. The molecule has 7 nitrogen and oxygen atoms in total. The Hall–Kier alpha value is -4.10. The maximum Gasteiger partial charge on any atom is 0.352 e. The van der Waals surface area contributed by atoms with E-state index in [2.05, 4.69) is 41.5 Å². The van der Waals surface area contributed by atoms with Crippen LogP contribution >= 0.6 is 0 Å². The fourth-order valence-corrected chi connectivity index (χ4v) is 6.26. The average Bonchev–Trinajstić information content (AvgIpc) is 3.66. The number of carboxylic acids is 1. The lowest BCUT2D eigenvalue weighted by Gasteiger charge is -2.12. The summed E-state index contributed by atoms with van der Waals surface area (Å²) in [7, 11) is 0. The second-order valence-corrected chi connectivity index (χ2v) is 10.9. The molecule has 0 radical (unpaired) electrons. The van der Waals surface area contributed by atoms with Gasteiger partial charge in [0.2, 0.25) is 0 Å². The molecule has 0 atom stereocenters. The molecule has 5 aromatic rings. The van der Waals surface area contributed by atoms with Gasteiger partial charge in [0, 0.05) is 41.0 Å². The lowest BCUT2D eigenvalue weighted by atomic mass is 9.97. The van der Waals surface area contributed by atoms with Crippen molar-refractivity contribution in [2.75, 3.05) is 13.2 Å². The van der Waals surface area contributed by atoms with Crippen LogP contribution in [0.2, 0.25) is 0 Å². The van der Waals surface area contributed by atoms with E-state index in [-0.39, 0.29) is 0 Å². The third-order valence-electron chi connectivity index (χ3n) is 8.24. The SMILES string of the molecule is O=C(O)c1c(CCCOc2cccc3ccccc23)c2cccc3c2n1CCCCOCc1[nH]nc(C2CC2)c1-3. The van der Waals surface area contributed by atoms with Crippen LogP contribution in [0.15, 0.2) is 60.7 Å². The van der Waals surface area contributed by atoms with Crippen LogP contribution in [-0.2, 0) is 24.3 Å². The van der Waals surface area contributed by atoms with Gasteiger partial charge >= 0.3 is 5.97 Å². The zero-order chi connectivity index (χ0) is 27.1. The second-order valence-electron chi connectivity index (χ2n) is 10.9. The summed E-state index contributed by atoms with van der Waals surface area (Å²) in [5.41, 5.74) is 6.48. The molecule has 2 aliphatic rings. The van der Waals surface area contributed by atoms with Crippen molar-refractivity contribution in [1.82, 2.24) is 14.8 Å². The number of aromatic carboxylic acids is 1. The Labute approximate surface area is 232 Å². The highest BCUT2D eigenvalue weighted by Gasteiger charge is 2.33. The number of aromatic nitrogens is 3. The van der Waals surface area contributed by atoms with Crippen molar-refractivity contribution in [1.29, 1.82) is 0 Å². The average molecular weight is 536 g/mol. The number of aryl methyl sites for hydroxylation is 2. The first-order valence-electron chi connectivity index (χ1n) is 14.3.